The van der Waals surface area contributed by atoms with E-state index in [1.165, 1.54) is 6.26 Å². The second-order valence-corrected chi connectivity index (χ2v) is 11.0. The summed E-state index contributed by atoms with van der Waals surface area (Å²) >= 11 is 0. The van der Waals surface area contributed by atoms with Crippen LogP contribution in [0.3, 0.4) is 0 Å². The Morgan fingerprint density at radius 1 is 1.06 bits per heavy atom. The number of anilines is 2. The third kappa shape index (κ3) is 5.97. The van der Waals surface area contributed by atoms with E-state index in [4.69, 9.17) is 9.72 Å². The van der Waals surface area contributed by atoms with Gasteiger partial charge in [0.15, 0.2) is 21.5 Å². The first kappa shape index (κ1) is 25.5. The fourth-order valence-electron chi connectivity index (χ4n) is 3.87. The molecule has 3 aromatic rings. The fourth-order valence-corrected chi connectivity index (χ4v) is 4.76. The highest BCUT2D eigenvalue weighted by Gasteiger charge is 2.25. The highest BCUT2D eigenvalue weighted by Crippen LogP contribution is 2.29. The van der Waals surface area contributed by atoms with Crippen molar-refractivity contribution in [1.82, 2.24) is 20.3 Å². The molecule has 4 rings (SSSR count). The van der Waals surface area contributed by atoms with Gasteiger partial charge < -0.3 is 20.3 Å². The lowest BCUT2D eigenvalue weighted by Gasteiger charge is -2.33. The molecule has 1 aliphatic heterocycles. The summed E-state index contributed by atoms with van der Waals surface area (Å²) in [5.74, 6) is 1.12. The maximum Gasteiger partial charge on any atom is 0.319 e. The minimum Gasteiger partial charge on any atom is -0.377 e. The van der Waals surface area contributed by atoms with E-state index in [1.807, 2.05) is 25.7 Å². The van der Waals surface area contributed by atoms with Gasteiger partial charge in [0.2, 0.25) is 5.95 Å². The number of aromatic nitrogens is 3. The van der Waals surface area contributed by atoms with Crippen LogP contribution in [0.1, 0.15) is 20.8 Å². The summed E-state index contributed by atoms with van der Waals surface area (Å²) in [5.41, 5.74) is 1.73. The summed E-state index contributed by atoms with van der Waals surface area (Å²) in [4.78, 5) is 28.3. The zero-order valence-corrected chi connectivity index (χ0v) is 21.5. The lowest BCUT2D eigenvalue weighted by molar-refractivity contribution is 0.0981. The average Bonchev–Trinajstić information content (AvgIpc) is 2.83. The molecule has 36 heavy (non-hydrogen) atoms. The van der Waals surface area contributed by atoms with E-state index in [1.54, 1.807) is 48.5 Å². The molecule has 1 unspecified atom stereocenters. The van der Waals surface area contributed by atoms with E-state index in [-0.39, 0.29) is 28.8 Å². The molecule has 0 radical (unpaired) electrons. The molecule has 0 spiro atoms. The van der Waals surface area contributed by atoms with Gasteiger partial charge >= 0.3 is 6.03 Å². The van der Waals surface area contributed by atoms with Crippen molar-refractivity contribution < 1.29 is 17.9 Å². The standard InChI is InChI=1S/C25H30N6O4S/c1-16(2)26-25(32)27-19-11-9-18(10-12-19)22-28-23(20-7-5-6-8-21(20)36(4,33)34)30-24(29-22)31-13-14-35-15-17(31)3/h5-12,16-17H,13-15H2,1-4H3,(H2,26,27,32). The van der Waals surface area contributed by atoms with Gasteiger partial charge in [0, 0.05) is 35.7 Å². The fraction of sp³-hybridized carbons (Fsp3) is 0.360. The smallest absolute Gasteiger partial charge is 0.319 e. The lowest BCUT2D eigenvalue weighted by Crippen LogP contribution is -2.44. The van der Waals surface area contributed by atoms with Crippen molar-refractivity contribution in [2.24, 2.45) is 0 Å². The maximum atomic E-state index is 12.5. The second kappa shape index (κ2) is 10.6. The Bertz CT molecular complexity index is 1340. The highest BCUT2D eigenvalue weighted by atomic mass is 32.2. The molecule has 0 aliphatic carbocycles. The van der Waals surface area contributed by atoms with Gasteiger partial charge in [-0.1, -0.05) is 12.1 Å². The number of hydrogen-bond donors (Lipinski definition) is 2. The van der Waals surface area contributed by atoms with Crippen LogP contribution in [-0.4, -0.2) is 67.5 Å². The molecule has 190 valence electrons. The van der Waals surface area contributed by atoms with Gasteiger partial charge in [-0.05, 0) is 57.2 Å². The summed E-state index contributed by atoms with van der Waals surface area (Å²) in [7, 11) is -3.51. The van der Waals surface area contributed by atoms with Crippen molar-refractivity contribution in [3.05, 3.63) is 48.5 Å². The van der Waals surface area contributed by atoms with Crippen molar-refractivity contribution in [3.63, 3.8) is 0 Å². The number of carbonyl (C=O) groups is 1. The number of urea groups is 1. The number of morpholine rings is 1. The van der Waals surface area contributed by atoms with Crippen LogP contribution in [0.25, 0.3) is 22.8 Å². The quantitative estimate of drug-likeness (QED) is 0.517. The predicted octanol–water partition coefficient (Wildman–Crippen LogP) is 3.36. The largest absolute Gasteiger partial charge is 0.377 e. The van der Waals surface area contributed by atoms with Gasteiger partial charge in [-0.2, -0.15) is 9.97 Å². The summed E-state index contributed by atoms with van der Waals surface area (Å²) in [5, 5.41) is 5.57. The van der Waals surface area contributed by atoms with E-state index in [9.17, 15) is 13.2 Å². The Balaban J connectivity index is 1.77. The van der Waals surface area contributed by atoms with E-state index >= 15 is 0 Å². The van der Waals surface area contributed by atoms with Crippen molar-refractivity contribution in [1.29, 1.82) is 0 Å². The van der Waals surface area contributed by atoms with Crippen molar-refractivity contribution in [3.8, 4) is 22.8 Å². The second-order valence-electron chi connectivity index (χ2n) is 9.00. The normalized spacial score (nSPS) is 16.1. The SMILES string of the molecule is CC(C)NC(=O)Nc1ccc(-c2nc(-c3ccccc3S(C)(=O)=O)nc(N3CCOCC3C)n2)cc1. The molecule has 2 aromatic carbocycles. The number of ether oxygens (including phenoxy) is 1. The van der Waals surface area contributed by atoms with Crippen LogP contribution in [0.2, 0.25) is 0 Å². The number of hydrogen-bond acceptors (Lipinski definition) is 8. The molecule has 11 heteroatoms. The Kier molecular flexibility index (Phi) is 7.51. The topological polar surface area (TPSA) is 126 Å². The summed E-state index contributed by atoms with van der Waals surface area (Å²) < 4.78 is 30.5. The van der Waals surface area contributed by atoms with Gasteiger partial charge in [0.1, 0.15) is 0 Å². The summed E-state index contributed by atoms with van der Waals surface area (Å²) in [6.07, 6.45) is 1.17. The molecule has 2 N–H and O–H groups in total. The molecule has 0 bridgehead atoms. The monoisotopic (exact) mass is 510 g/mol. The molecule has 2 amide bonds. The van der Waals surface area contributed by atoms with Crippen LogP contribution in [0, 0.1) is 0 Å². The molecule has 0 saturated carbocycles. The van der Waals surface area contributed by atoms with Crippen LogP contribution in [0.4, 0.5) is 16.4 Å². The molecular formula is C25H30N6O4S. The van der Waals surface area contributed by atoms with Crippen LogP contribution in [0.5, 0.6) is 0 Å². The predicted molar refractivity (Wildman–Crippen MR) is 139 cm³/mol. The van der Waals surface area contributed by atoms with Gasteiger partial charge in [-0.3, -0.25) is 0 Å². The zero-order chi connectivity index (χ0) is 25.9. The Hall–Kier alpha value is -3.57. The number of amides is 2. The Morgan fingerprint density at radius 2 is 1.75 bits per heavy atom. The molecule has 1 fully saturated rings. The number of rotatable bonds is 6. The van der Waals surface area contributed by atoms with Gasteiger partial charge in [0.25, 0.3) is 0 Å². The number of nitrogens with zero attached hydrogens (tertiary/aromatic N) is 4. The summed E-state index contributed by atoms with van der Waals surface area (Å²) in [6.45, 7) is 7.47. The van der Waals surface area contributed by atoms with Crippen molar-refractivity contribution >= 4 is 27.5 Å². The minimum absolute atomic E-state index is 0.0173. The van der Waals surface area contributed by atoms with E-state index in [0.717, 1.165) is 0 Å². The zero-order valence-electron chi connectivity index (χ0n) is 20.7. The number of sulfone groups is 1. The molecule has 1 saturated heterocycles. The molecule has 1 aliphatic rings. The van der Waals surface area contributed by atoms with E-state index in [0.29, 0.717) is 48.3 Å². The van der Waals surface area contributed by atoms with E-state index < -0.39 is 9.84 Å². The first-order valence-electron chi connectivity index (χ1n) is 11.7. The molecule has 10 nitrogen and oxygen atoms in total. The Morgan fingerprint density at radius 3 is 2.42 bits per heavy atom. The first-order chi connectivity index (χ1) is 17.1. The molecule has 1 atom stereocenters. The average molecular weight is 511 g/mol. The summed E-state index contributed by atoms with van der Waals surface area (Å²) in [6, 6.07) is 13.6. The molecule has 1 aromatic heterocycles. The van der Waals surface area contributed by atoms with Gasteiger partial charge in [-0.15, -0.1) is 0 Å². The number of carbonyl (C=O) groups excluding carboxylic acids is 1. The number of benzene rings is 2. The Labute approximate surface area is 211 Å². The highest BCUT2D eigenvalue weighted by molar-refractivity contribution is 7.90. The molecule has 2 heterocycles. The van der Waals surface area contributed by atoms with Crippen LogP contribution < -0.4 is 15.5 Å². The third-order valence-electron chi connectivity index (χ3n) is 5.60. The third-order valence-corrected chi connectivity index (χ3v) is 6.75. The van der Waals surface area contributed by atoms with Crippen LogP contribution in [0.15, 0.2) is 53.4 Å². The van der Waals surface area contributed by atoms with Crippen LogP contribution >= 0.6 is 0 Å². The maximum absolute atomic E-state index is 12.5. The molecular weight excluding hydrogens is 480 g/mol. The van der Waals surface area contributed by atoms with E-state index in [2.05, 4.69) is 20.6 Å². The first-order valence-corrected chi connectivity index (χ1v) is 13.6. The van der Waals surface area contributed by atoms with Gasteiger partial charge in [-0.25, -0.2) is 18.2 Å². The lowest BCUT2D eigenvalue weighted by atomic mass is 10.1. The van der Waals surface area contributed by atoms with Gasteiger partial charge in [0.05, 0.1) is 24.2 Å². The van der Waals surface area contributed by atoms with Crippen molar-refractivity contribution in [2.75, 3.05) is 36.2 Å². The van der Waals surface area contributed by atoms with Crippen LogP contribution in [-0.2, 0) is 14.6 Å². The minimum atomic E-state index is -3.51. The number of nitrogens with one attached hydrogen (secondary N) is 2. The van der Waals surface area contributed by atoms with Crippen molar-refractivity contribution in [2.45, 2.75) is 37.8 Å².